The lowest BCUT2D eigenvalue weighted by Gasteiger charge is -2.11. The third-order valence-corrected chi connectivity index (χ3v) is 4.99. The molecular weight excluding hydrogens is 372 g/mol. The molecule has 0 saturated carbocycles. The zero-order chi connectivity index (χ0) is 20.1. The Morgan fingerprint density at radius 3 is 2.54 bits per heavy atom. The van der Waals surface area contributed by atoms with Gasteiger partial charge in [-0.05, 0) is 43.0 Å². The molecule has 0 N–H and O–H groups in total. The van der Waals surface area contributed by atoms with Gasteiger partial charge >= 0.3 is 5.97 Å². The molecule has 0 amide bonds. The highest BCUT2D eigenvalue weighted by Gasteiger charge is 2.22. The number of aromatic nitrogens is 1. The summed E-state index contributed by atoms with van der Waals surface area (Å²) in [6.07, 6.45) is 3.64. The molecule has 142 valence electrons. The van der Waals surface area contributed by atoms with E-state index in [0.717, 1.165) is 16.2 Å². The van der Waals surface area contributed by atoms with Crippen molar-refractivity contribution >= 4 is 17.7 Å². The fourth-order valence-electron chi connectivity index (χ4n) is 2.97. The largest absolute Gasteiger partial charge is 0.461 e. The van der Waals surface area contributed by atoms with Crippen molar-refractivity contribution in [3.05, 3.63) is 66.0 Å². The lowest BCUT2D eigenvalue weighted by Crippen LogP contribution is -2.10. The number of carbonyl (C=O) groups is 1. The Morgan fingerprint density at radius 1 is 1.18 bits per heavy atom. The Morgan fingerprint density at radius 2 is 1.89 bits per heavy atom. The van der Waals surface area contributed by atoms with Gasteiger partial charge in [-0.15, -0.1) is 11.8 Å². The molecule has 1 heterocycles. The number of thioether (sulfide) groups is 1. The van der Waals surface area contributed by atoms with Crippen molar-refractivity contribution in [1.29, 1.82) is 5.26 Å². The van der Waals surface area contributed by atoms with Crippen LogP contribution in [0.4, 0.5) is 0 Å². The van der Waals surface area contributed by atoms with Gasteiger partial charge in [-0.2, -0.15) is 5.26 Å². The van der Waals surface area contributed by atoms with Gasteiger partial charge in [-0.1, -0.05) is 24.3 Å². The van der Waals surface area contributed by atoms with Gasteiger partial charge in [0.25, 0.3) is 0 Å². The summed E-state index contributed by atoms with van der Waals surface area (Å²) in [5, 5.41) is 9.49. The lowest BCUT2D eigenvalue weighted by atomic mass is 10.0. The number of para-hydroxylation sites is 1. The number of nitriles is 1. The van der Waals surface area contributed by atoms with Crippen molar-refractivity contribution in [3.8, 4) is 28.7 Å². The van der Waals surface area contributed by atoms with Crippen LogP contribution in [0.25, 0.3) is 11.1 Å². The molecule has 28 heavy (non-hydrogen) atoms. The molecule has 6 heteroatoms. The number of hydrogen-bond donors (Lipinski definition) is 0. The van der Waals surface area contributed by atoms with Crippen LogP contribution in [0.15, 0.2) is 59.6 Å². The van der Waals surface area contributed by atoms with Crippen molar-refractivity contribution in [3.63, 3.8) is 0 Å². The molecular formula is C22H20N2O3S. The first kappa shape index (κ1) is 19.6. The summed E-state index contributed by atoms with van der Waals surface area (Å²) in [7, 11) is 1.73. The monoisotopic (exact) mass is 392 g/mol. The number of hydrogen-bond acceptors (Lipinski definition) is 5. The van der Waals surface area contributed by atoms with Gasteiger partial charge in [0.05, 0.1) is 12.2 Å². The predicted molar refractivity (Wildman–Crippen MR) is 110 cm³/mol. The third kappa shape index (κ3) is 3.90. The Bertz CT molecular complexity index is 1030. The normalized spacial score (nSPS) is 10.4. The van der Waals surface area contributed by atoms with Gasteiger partial charge < -0.3 is 14.0 Å². The Balaban J connectivity index is 1.96. The van der Waals surface area contributed by atoms with Crippen LogP contribution < -0.4 is 4.74 Å². The van der Waals surface area contributed by atoms with Gasteiger partial charge in [0.2, 0.25) is 0 Å². The maximum atomic E-state index is 12.4. The molecule has 3 aromatic rings. The van der Waals surface area contributed by atoms with Gasteiger partial charge in [0, 0.05) is 23.7 Å². The zero-order valence-corrected chi connectivity index (χ0v) is 16.7. The zero-order valence-electron chi connectivity index (χ0n) is 15.9. The number of rotatable bonds is 6. The molecule has 0 radical (unpaired) electrons. The first-order chi connectivity index (χ1) is 13.6. The summed E-state index contributed by atoms with van der Waals surface area (Å²) in [6, 6.07) is 17.3. The molecule has 0 aliphatic heterocycles. The second-order valence-corrected chi connectivity index (χ2v) is 6.83. The van der Waals surface area contributed by atoms with Crippen LogP contribution in [-0.4, -0.2) is 23.4 Å². The van der Waals surface area contributed by atoms with Crippen LogP contribution in [0.2, 0.25) is 0 Å². The summed E-state index contributed by atoms with van der Waals surface area (Å²) in [6.45, 7) is 2.03. The molecule has 0 aliphatic rings. The Labute approximate surface area is 168 Å². The second-order valence-electron chi connectivity index (χ2n) is 5.99. The molecule has 1 aromatic heterocycles. The number of benzene rings is 2. The van der Waals surface area contributed by atoms with Crippen molar-refractivity contribution < 1.29 is 14.3 Å². The summed E-state index contributed by atoms with van der Waals surface area (Å²) >= 11 is 1.62. The van der Waals surface area contributed by atoms with E-state index in [2.05, 4.69) is 6.07 Å². The molecule has 0 fully saturated rings. The SMILES string of the molecule is CCOC(=O)c1c(-c2ccc(Oc3ccccc3SC)cc2)c(C#N)cn1C. The van der Waals surface area contributed by atoms with E-state index in [1.807, 2.05) is 54.8 Å². The van der Waals surface area contributed by atoms with Gasteiger partial charge in [0.1, 0.15) is 23.3 Å². The highest BCUT2D eigenvalue weighted by Crippen LogP contribution is 2.34. The Hall–Kier alpha value is -3.17. The molecule has 0 spiro atoms. The van der Waals surface area contributed by atoms with E-state index in [1.165, 1.54) is 0 Å². The summed E-state index contributed by atoms with van der Waals surface area (Å²) < 4.78 is 12.8. The topological polar surface area (TPSA) is 64.2 Å². The van der Waals surface area contributed by atoms with E-state index >= 15 is 0 Å². The molecule has 0 bridgehead atoms. The van der Waals surface area contributed by atoms with E-state index < -0.39 is 5.97 Å². The molecule has 0 saturated heterocycles. The Kier molecular flexibility index (Phi) is 6.07. The highest BCUT2D eigenvalue weighted by molar-refractivity contribution is 7.98. The van der Waals surface area contributed by atoms with Gasteiger partial charge in [0.15, 0.2) is 0 Å². The smallest absolute Gasteiger partial charge is 0.355 e. The second kappa shape index (κ2) is 8.68. The van der Waals surface area contributed by atoms with Crippen LogP contribution in [0.1, 0.15) is 23.0 Å². The van der Waals surface area contributed by atoms with E-state index in [4.69, 9.17) is 9.47 Å². The molecule has 0 aliphatic carbocycles. The summed E-state index contributed by atoms with van der Waals surface area (Å²) in [5.74, 6) is 1.01. The molecule has 0 unspecified atom stereocenters. The quantitative estimate of drug-likeness (QED) is 0.423. The van der Waals surface area contributed by atoms with Crippen molar-refractivity contribution in [1.82, 2.24) is 4.57 Å². The maximum absolute atomic E-state index is 12.4. The van der Waals surface area contributed by atoms with Gasteiger partial charge in [-0.25, -0.2) is 4.79 Å². The average molecular weight is 392 g/mol. The predicted octanol–water partition coefficient (Wildman–Crippen LogP) is 5.25. The van der Waals surface area contributed by atoms with Crippen LogP contribution in [0.3, 0.4) is 0 Å². The summed E-state index contributed by atoms with van der Waals surface area (Å²) in [5.41, 5.74) is 2.11. The molecule has 0 atom stereocenters. The highest BCUT2D eigenvalue weighted by atomic mass is 32.2. The molecule has 5 nitrogen and oxygen atoms in total. The first-order valence-corrected chi connectivity index (χ1v) is 9.99. The minimum atomic E-state index is -0.448. The average Bonchev–Trinajstić information content (AvgIpc) is 3.05. The first-order valence-electron chi connectivity index (χ1n) is 8.76. The van der Waals surface area contributed by atoms with E-state index in [1.54, 1.807) is 36.5 Å². The number of nitrogens with zero attached hydrogens (tertiary/aromatic N) is 2. The van der Waals surface area contributed by atoms with E-state index in [9.17, 15) is 10.1 Å². The minimum Gasteiger partial charge on any atom is -0.461 e. The van der Waals surface area contributed by atoms with Gasteiger partial charge in [-0.3, -0.25) is 0 Å². The van der Waals surface area contributed by atoms with Crippen molar-refractivity contribution in [2.45, 2.75) is 11.8 Å². The van der Waals surface area contributed by atoms with E-state index in [-0.39, 0.29) is 6.61 Å². The number of aryl methyl sites for hydroxylation is 1. The third-order valence-electron chi connectivity index (χ3n) is 4.21. The summed E-state index contributed by atoms with van der Waals surface area (Å²) in [4.78, 5) is 13.4. The maximum Gasteiger partial charge on any atom is 0.355 e. The van der Waals surface area contributed by atoms with E-state index in [0.29, 0.717) is 22.6 Å². The van der Waals surface area contributed by atoms with Crippen LogP contribution in [-0.2, 0) is 11.8 Å². The van der Waals surface area contributed by atoms with Crippen LogP contribution in [0.5, 0.6) is 11.5 Å². The molecule has 2 aromatic carbocycles. The number of esters is 1. The molecule has 3 rings (SSSR count). The lowest BCUT2D eigenvalue weighted by molar-refractivity contribution is 0.0516. The number of ether oxygens (including phenoxy) is 2. The minimum absolute atomic E-state index is 0.271. The van der Waals surface area contributed by atoms with Crippen molar-refractivity contribution in [2.75, 3.05) is 12.9 Å². The fourth-order valence-corrected chi connectivity index (χ4v) is 3.49. The fraction of sp³-hybridized carbons (Fsp3) is 0.182. The van der Waals surface area contributed by atoms with Crippen LogP contribution >= 0.6 is 11.8 Å². The van der Waals surface area contributed by atoms with Crippen molar-refractivity contribution in [2.24, 2.45) is 7.05 Å². The number of carbonyl (C=O) groups excluding carboxylic acids is 1. The standard InChI is InChI=1S/C22H20N2O3S/c1-4-26-22(25)21-20(16(13-23)14-24(21)2)15-9-11-17(12-10-15)27-18-7-5-6-8-19(18)28-3/h5-12,14H,4H2,1-3H3. The van der Waals surface area contributed by atoms with Crippen LogP contribution in [0, 0.1) is 11.3 Å².